The van der Waals surface area contributed by atoms with E-state index in [-0.39, 0.29) is 16.5 Å². The molecule has 0 fully saturated rings. The van der Waals surface area contributed by atoms with Crippen molar-refractivity contribution in [3.63, 3.8) is 0 Å². The summed E-state index contributed by atoms with van der Waals surface area (Å²) < 4.78 is 1.00. The smallest absolute Gasteiger partial charge is 0.657 e. The molecule has 0 amide bonds. The van der Waals surface area contributed by atoms with Crippen LogP contribution in [-0.2, 0) is 16.5 Å². The van der Waals surface area contributed by atoms with Crippen LogP contribution in [0.25, 0.3) is 68.6 Å². The Kier molecular flexibility index (Phi) is 6.60. The van der Waals surface area contributed by atoms with Gasteiger partial charge in [0.1, 0.15) is 0 Å². The summed E-state index contributed by atoms with van der Waals surface area (Å²) in [6.07, 6.45) is 8.24. The van der Waals surface area contributed by atoms with Gasteiger partial charge in [0.15, 0.2) is 0 Å². The van der Waals surface area contributed by atoms with Gasteiger partial charge < -0.3 is 9.97 Å². The molecule has 0 radical (unpaired) electrons. The molecule has 0 aliphatic carbocycles. The molecule has 0 atom stereocenters. The first-order chi connectivity index (χ1) is 18.2. The van der Waals surface area contributed by atoms with Crippen LogP contribution in [0.5, 0.6) is 0 Å². The first-order valence-electron chi connectivity index (χ1n) is 12.0. The summed E-state index contributed by atoms with van der Waals surface area (Å²) in [6, 6.07) is 30.9. The molecule has 5 aromatic rings. The zero-order chi connectivity index (χ0) is 24.8. The first kappa shape index (κ1) is 24.6. The average molecular weight is 645 g/mol. The summed E-state index contributed by atoms with van der Waals surface area (Å²) in [4.78, 5) is 20.0. The Bertz CT molecular complexity index is 1850. The van der Waals surface area contributed by atoms with Gasteiger partial charge in [-0.2, -0.15) is 0 Å². The van der Waals surface area contributed by atoms with Crippen molar-refractivity contribution in [2.45, 2.75) is 0 Å². The van der Waals surface area contributed by atoms with E-state index in [4.69, 9.17) is 19.9 Å². The van der Waals surface area contributed by atoms with Crippen LogP contribution in [0.1, 0.15) is 22.8 Å². The maximum Gasteiger partial charge on any atom is 2.00 e. The van der Waals surface area contributed by atoms with Gasteiger partial charge in [-0.05, 0) is 69.1 Å². The molecular formula is C32H19IN4Ni. The first-order valence-corrected chi connectivity index (χ1v) is 13.1. The molecular weight excluding hydrogens is 626 g/mol. The van der Waals surface area contributed by atoms with Crippen molar-refractivity contribution < 1.29 is 16.5 Å². The van der Waals surface area contributed by atoms with Crippen LogP contribution in [0.4, 0.5) is 0 Å². The van der Waals surface area contributed by atoms with Gasteiger partial charge in [-0.3, -0.25) is 0 Å². The van der Waals surface area contributed by atoms with E-state index in [1.807, 2.05) is 54.6 Å². The topological polar surface area (TPSA) is 54.0 Å². The molecule has 3 aromatic heterocycles. The summed E-state index contributed by atoms with van der Waals surface area (Å²) in [5.41, 5.74) is 11.3. The quantitative estimate of drug-likeness (QED) is 0.142. The number of nitrogens with zero attached hydrogens (tertiary/aromatic N) is 4. The molecule has 0 N–H and O–H groups in total. The Balaban J connectivity index is 0.00000264. The van der Waals surface area contributed by atoms with Crippen molar-refractivity contribution in [1.82, 2.24) is 19.9 Å². The third kappa shape index (κ3) is 4.44. The molecule has 8 bridgehead atoms. The molecule has 0 saturated carbocycles. The van der Waals surface area contributed by atoms with Gasteiger partial charge in [0.25, 0.3) is 0 Å². The van der Waals surface area contributed by atoms with Crippen LogP contribution in [0.3, 0.4) is 0 Å². The SMILES string of the molecule is Ic1c2nc(c(-c3ccccc3)c3ccc(cc4nc(c(-c5ccccc5)c5ccc1[n-]5)C=C4)[n-]3)C=C2.[Ni+2]. The van der Waals surface area contributed by atoms with Crippen LogP contribution in [0.2, 0.25) is 0 Å². The number of fused-ring (bicyclic) bond motifs is 8. The number of halogens is 1. The third-order valence-electron chi connectivity index (χ3n) is 6.50. The second kappa shape index (κ2) is 10.2. The Hall–Kier alpha value is -3.74. The predicted molar refractivity (Wildman–Crippen MR) is 160 cm³/mol. The van der Waals surface area contributed by atoms with E-state index in [1.54, 1.807) is 0 Å². The van der Waals surface area contributed by atoms with Gasteiger partial charge in [-0.15, -0.1) is 22.1 Å². The second-order valence-electron chi connectivity index (χ2n) is 8.88. The molecule has 5 heterocycles. The Labute approximate surface area is 243 Å². The van der Waals surface area contributed by atoms with Crippen LogP contribution >= 0.6 is 22.6 Å². The molecule has 2 aromatic carbocycles. The van der Waals surface area contributed by atoms with Crippen LogP contribution in [-0.4, -0.2) is 9.97 Å². The van der Waals surface area contributed by atoms with Crippen LogP contribution in [0.15, 0.2) is 91.0 Å². The Morgan fingerprint density at radius 2 is 1.08 bits per heavy atom. The van der Waals surface area contributed by atoms with E-state index in [1.165, 1.54) is 0 Å². The molecule has 2 aliphatic heterocycles. The summed E-state index contributed by atoms with van der Waals surface area (Å²) in [5, 5.41) is 0. The van der Waals surface area contributed by atoms with Gasteiger partial charge in [0, 0.05) is 3.57 Å². The molecule has 4 nitrogen and oxygen atoms in total. The van der Waals surface area contributed by atoms with Gasteiger partial charge in [-0.1, -0.05) is 91.0 Å². The molecule has 0 spiro atoms. The zero-order valence-corrected chi connectivity index (χ0v) is 23.1. The minimum absolute atomic E-state index is 0. The second-order valence-corrected chi connectivity index (χ2v) is 9.96. The van der Waals surface area contributed by atoms with Crippen molar-refractivity contribution in [2.24, 2.45) is 0 Å². The van der Waals surface area contributed by atoms with Gasteiger partial charge in [-0.25, -0.2) is 9.97 Å². The zero-order valence-electron chi connectivity index (χ0n) is 20.0. The summed E-state index contributed by atoms with van der Waals surface area (Å²) in [6.45, 7) is 0. The van der Waals surface area contributed by atoms with Crippen LogP contribution in [0, 0.1) is 3.57 Å². The molecule has 0 saturated heterocycles. The van der Waals surface area contributed by atoms with Crippen LogP contribution < -0.4 is 9.97 Å². The van der Waals surface area contributed by atoms with E-state index < -0.39 is 0 Å². The van der Waals surface area contributed by atoms with Crippen molar-refractivity contribution in [2.75, 3.05) is 0 Å². The van der Waals surface area contributed by atoms with Gasteiger partial charge >= 0.3 is 16.5 Å². The molecule has 6 heteroatoms. The van der Waals surface area contributed by atoms with Crippen molar-refractivity contribution in [3.05, 3.63) is 117 Å². The normalized spacial score (nSPS) is 11.9. The number of hydrogen-bond acceptors (Lipinski definition) is 2. The number of hydrogen-bond donors (Lipinski definition) is 0. The van der Waals surface area contributed by atoms with E-state index in [2.05, 4.69) is 83.3 Å². The van der Waals surface area contributed by atoms with Crippen molar-refractivity contribution in [1.29, 1.82) is 0 Å². The minimum Gasteiger partial charge on any atom is -0.657 e. The molecule has 0 unspecified atom stereocenters. The number of benzene rings is 2. The van der Waals surface area contributed by atoms with E-state index in [0.717, 1.165) is 70.7 Å². The van der Waals surface area contributed by atoms with Gasteiger partial charge in [0.2, 0.25) is 0 Å². The third-order valence-corrected chi connectivity index (χ3v) is 7.60. The molecule has 38 heavy (non-hydrogen) atoms. The minimum atomic E-state index is 0. The van der Waals surface area contributed by atoms with Gasteiger partial charge in [0.05, 0.1) is 22.8 Å². The predicted octanol–water partition coefficient (Wildman–Crippen LogP) is 7.85. The number of aromatic nitrogens is 4. The largest absolute Gasteiger partial charge is 2.00 e. The number of rotatable bonds is 2. The van der Waals surface area contributed by atoms with E-state index in [0.29, 0.717) is 0 Å². The fourth-order valence-corrected chi connectivity index (χ4v) is 5.39. The van der Waals surface area contributed by atoms with E-state index >= 15 is 0 Å². The molecule has 7 rings (SSSR count). The van der Waals surface area contributed by atoms with Crippen molar-refractivity contribution in [3.8, 4) is 22.3 Å². The monoisotopic (exact) mass is 644 g/mol. The Morgan fingerprint density at radius 1 is 0.526 bits per heavy atom. The van der Waals surface area contributed by atoms with Crippen molar-refractivity contribution >= 4 is 69.0 Å². The fraction of sp³-hybridized carbons (Fsp3) is 0. The van der Waals surface area contributed by atoms with E-state index in [9.17, 15) is 0 Å². The maximum atomic E-state index is 5.04. The Morgan fingerprint density at radius 3 is 1.79 bits per heavy atom. The fourth-order valence-electron chi connectivity index (χ4n) is 4.79. The molecule has 184 valence electrons. The maximum absolute atomic E-state index is 5.04. The average Bonchev–Trinajstić information content (AvgIpc) is 3.74. The summed E-state index contributed by atoms with van der Waals surface area (Å²) >= 11 is 2.35. The molecule has 2 aliphatic rings. The summed E-state index contributed by atoms with van der Waals surface area (Å²) in [5.74, 6) is 0. The standard InChI is InChI=1S/C32H19IN4.Ni/c33-32-28-17-15-26(36-28)30(20-7-3-1-4-8-20)24-13-11-22(34-24)19-23-12-14-25(35-23)31(21-9-5-2-6-10-21)27-16-18-29(32)37-27;/h1-19H;/q-2;+2. The summed E-state index contributed by atoms with van der Waals surface area (Å²) in [7, 11) is 0.